The maximum Gasteiger partial charge on any atom is 0.0252 e. The monoisotopic (exact) mass is 211 g/mol. The van der Waals surface area contributed by atoms with E-state index in [4.69, 9.17) is 0 Å². The third-order valence-corrected chi connectivity index (χ3v) is 3.66. The van der Waals surface area contributed by atoms with Crippen LogP contribution in [-0.2, 0) is 0 Å². The zero-order valence-corrected chi connectivity index (χ0v) is 10.4. The van der Waals surface area contributed by atoms with Gasteiger partial charge in [-0.15, -0.1) is 0 Å². The topological polar surface area (TPSA) is 18.5 Å². The van der Waals surface area contributed by atoms with Crippen LogP contribution < -0.4 is 5.32 Å². The number of likely N-dealkylation sites (tertiary alicyclic amines) is 1. The van der Waals surface area contributed by atoms with E-state index in [9.17, 15) is 0 Å². The Hall–Kier alpha value is -0.120. The van der Waals surface area contributed by atoms with Crippen molar-refractivity contribution >= 4 is 0 Å². The highest BCUT2D eigenvalue weighted by molar-refractivity contribution is 4.88. The van der Waals surface area contributed by atoms with E-state index in [2.05, 4.69) is 36.0 Å². The molecule has 1 unspecified atom stereocenters. The SMILES string of the molecule is CN1CCC(CN2CCNC(C)(C)C2)C1. The van der Waals surface area contributed by atoms with Gasteiger partial charge in [0.05, 0.1) is 0 Å². The van der Waals surface area contributed by atoms with Crippen molar-refractivity contribution in [1.29, 1.82) is 0 Å². The molecule has 15 heavy (non-hydrogen) atoms. The summed E-state index contributed by atoms with van der Waals surface area (Å²) in [4.78, 5) is 5.10. The predicted molar refractivity (Wildman–Crippen MR) is 64.1 cm³/mol. The average Bonchev–Trinajstić information content (AvgIpc) is 2.49. The van der Waals surface area contributed by atoms with Crippen LogP contribution in [-0.4, -0.2) is 61.7 Å². The summed E-state index contributed by atoms with van der Waals surface area (Å²) in [7, 11) is 2.24. The Balaban J connectivity index is 1.79. The number of hydrogen-bond donors (Lipinski definition) is 1. The van der Waals surface area contributed by atoms with E-state index >= 15 is 0 Å². The van der Waals surface area contributed by atoms with E-state index in [0.717, 1.165) is 12.5 Å². The molecule has 2 heterocycles. The Morgan fingerprint density at radius 3 is 2.73 bits per heavy atom. The highest BCUT2D eigenvalue weighted by Crippen LogP contribution is 2.18. The minimum absolute atomic E-state index is 0.308. The van der Waals surface area contributed by atoms with Crippen LogP contribution in [0, 0.1) is 5.92 Å². The first-order valence-electron chi connectivity index (χ1n) is 6.21. The lowest BCUT2D eigenvalue weighted by Gasteiger charge is -2.40. The van der Waals surface area contributed by atoms with E-state index < -0.39 is 0 Å². The van der Waals surface area contributed by atoms with Gasteiger partial charge in [0.15, 0.2) is 0 Å². The second kappa shape index (κ2) is 4.40. The van der Waals surface area contributed by atoms with Crippen molar-refractivity contribution in [2.45, 2.75) is 25.8 Å². The van der Waals surface area contributed by atoms with E-state index in [1.165, 1.54) is 39.1 Å². The first-order chi connectivity index (χ1) is 7.05. The van der Waals surface area contributed by atoms with Gasteiger partial charge in [-0.25, -0.2) is 0 Å². The second-order valence-electron chi connectivity index (χ2n) is 5.96. The number of rotatable bonds is 2. The lowest BCUT2D eigenvalue weighted by molar-refractivity contribution is 0.136. The Bertz CT molecular complexity index is 215. The first kappa shape index (κ1) is 11.4. The van der Waals surface area contributed by atoms with Gasteiger partial charge in [-0.05, 0) is 39.8 Å². The lowest BCUT2D eigenvalue weighted by Crippen LogP contribution is -2.57. The molecule has 2 saturated heterocycles. The van der Waals surface area contributed by atoms with Crippen LogP contribution >= 0.6 is 0 Å². The lowest BCUT2D eigenvalue weighted by atomic mass is 10.0. The molecule has 1 N–H and O–H groups in total. The quantitative estimate of drug-likeness (QED) is 0.722. The number of nitrogens with one attached hydrogen (secondary N) is 1. The number of piperazine rings is 1. The Morgan fingerprint density at radius 2 is 2.13 bits per heavy atom. The van der Waals surface area contributed by atoms with Gasteiger partial charge in [-0.2, -0.15) is 0 Å². The fourth-order valence-corrected chi connectivity index (χ4v) is 2.94. The highest BCUT2D eigenvalue weighted by atomic mass is 15.2. The maximum absolute atomic E-state index is 3.57. The summed E-state index contributed by atoms with van der Waals surface area (Å²) in [5, 5.41) is 3.57. The summed E-state index contributed by atoms with van der Waals surface area (Å²) < 4.78 is 0. The normalized spacial score (nSPS) is 33.4. The van der Waals surface area contributed by atoms with Crippen molar-refractivity contribution in [1.82, 2.24) is 15.1 Å². The largest absolute Gasteiger partial charge is 0.309 e. The molecule has 0 spiro atoms. The molecule has 0 radical (unpaired) electrons. The second-order valence-corrected chi connectivity index (χ2v) is 5.96. The van der Waals surface area contributed by atoms with Crippen molar-refractivity contribution in [3.63, 3.8) is 0 Å². The van der Waals surface area contributed by atoms with Gasteiger partial charge in [0.25, 0.3) is 0 Å². The summed E-state index contributed by atoms with van der Waals surface area (Å²) in [5.41, 5.74) is 0.308. The molecule has 0 aromatic rings. The molecule has 0 bridgehead atoms. The minimum Gasteiger partial charge on any atom is -0.309 e. The molecule has 0 aromatic carbocycles. The Labute approximate surface area is 93.8 Å². The molecule has 2 fully saturated rings. The molecule has 0 aromatic heterocycles. The van der Waals surface area contributed by atoms with Crippen molar-refractivity contribution < 1.29 is 0 Å². The van der Waals surface area contributed by atoms with E-state index in [1.807, 2.05) is 0 Å². The molecule has 88 valence electrons. The molecule has 0 aliphatic carbocycles. The molecule has 3 nitrogen and oxygen atoms in total. The standard InChI is InChI=1S/C12H25N3/c1-12(2)10-15(7-5-13-12)9-11-4-6-14(3)8-11/h11,13H,4-10H2,1-3H3. The van der Waals surface area contributed by atoms with Crippen LogP contribution in [0.2, 0.25) is 0 Å². The van der Waals surface area contributed by atoms with Gasteiger partial charge in [0.2, 0.25) is 0 Å². The Kier molecular flexibility index (Phi) is 3.33. The molecule has 0 saturated carbocycles. The summed E-state index contributed by atoms with van der Waals surface area (Å²) in [6.45, 7) is 12.1. The minimum atomic E-state index is 0.308. The van der Waals surface area contributed by atoms with Crippen molar-refractivity contribution in [3.8, 4) is 0 Å². The van der Waals surface area contributed by atoms with Gasteiger partial charge in [-0.3, -0.25) is 4.90 Å². The fraction of sp³-hybridized carbons (Fsp3) is 1.00. The van der Waals surface area contributed by atoms with Gasteiger partial charge in [0, 0.05) is 38.3 Å². The fourth-order valence-electron chi connectivity index (χ4n) is 2.94. The van der Waals surface area contributed by atoms with Crippen molar-refractivity contribution in [3.05, 3.63) is 0 Å². The van der Waals surface area contributed by atoms with Crippen molar-refractivity contribution in [2.24, 2.45) is 5.92 Å². The van der Waals surface area contributed by atoms with E-state index in [0.29, 0.717) is 5.54 Å². The van der Waals surface area contributed by atoms with Gasteiger partial charge in [0.1, 0.15) is 0 Å². The van der Waals surface area contributed by atoms with Crippen LogP contribution in [0.5, 0.6) is 0 Å². The first-order valence-corrected chi connectivity index (χ1v) is 6.21. The molecular formula is C12H25N3. The smallest absolute Gasteiger partial charge is 0.0252 e. The van der Waals surface area contributed by atoms with Gasteiger partial charge < -0.3 is 10.2 Å². The highest BCUT2D eigenvalue weighted by Gasteiger charge is 2.28. The van der Waals surface area contributed by atoms with Crippen LogP contribution in [0.3, 0.4) is 0 Å². The van der Waals surface area contributed by atoms with Crippen LogP contribution in [0.1, 0.15) is 20.3 Å². The maximum atomic E-state index is 3.57. The predicted octanol–water partition coefficient (Wildman–Crippen LogP) is 0.622. The van der Waals surface area contributed by atoms with Crippen LogP contribution in [0.15, 0.2) is 0 Å². The molecule has 0 amide bonds. The average molecular weight is 211 g/mol. The molecule has 2 aliphatic heterocycles. The molecule has 3 heteroatoms. The van der Waals surface area contributed by atoms with E-state index in [1.54, 1.807) is 0 Å². The molecule has 1 atom stereocenters. The molecular weight excluding hydrogens is 186 g/mol. The van der Waals surface area contributed by atoms with Crippen LogP contribution in [0.25, 0.3) is 0 Å². The van der Waals surface area contributed by atoms with Crippen LogP contribution in [0.4, 0.5) is 0 Å². The zero-order chi connectivity index (χ0) is 10.9. The molecule has 2 rings (SSSR count). The van der Waals surface area contributed by atoms with Crippen molar-refractivity contribution in [2.75, 3.05) is 46.3 Å². The number of hydrogen-bond acceptors (Lipinski definition) is 3. The number of nitrogens with zero attached hydrogens (tertiary/aromatic N) is 2. The summed E-state index contributed by atoms with van der Waals surface area (Å²) in [6, 6.07) is 0. The third-order valence-electron chi connectivity index (χ3n) is 3.66. The summed E-state index contributed by atoms with van der Waals surface area (Å²) in [5.74, 6) is 0.906. The summed E-state index contributed by atoms with van der Waals surface area (Å²) >= 11 is 0. The molecule has 2 aliphatic rings. The Morgan fingerprint density at radius 1 is 1.33 bits per heavy atom. The zero-order valence-electron chi connectivity index (χ0n) is 10.4. The summed E-state index contributed by atoms with van der Waals surface area (Å²) in [6.07, 6.45) is 1.39. The van der Waals surface area contributed by atoms with Gasteiger partial charge >= 0.3 is 0 Å². The van der Waals surface area contributed by atoms with Gasteiger partial charge in [-0.1, -0.05) is 0 Å². The van der Waals surface area contributed by atoms with E-state index in [-0.39, 0.29) is 0 Å². The third kappa shape index (κ3) is 3.16.